The molecule has 0 aromatic heterocycles. The summed E-state index contributed by atoms with van der Waals surface area (Å²) < 4.78 is 0. The molecule has 2 aliphatic heterocycles. The van der Waals surface area contributed by atoms with Crippen LogP contribution in [-0.4, -0.2) is 134 Å². The molecule has 14 heteroatoms. The standard InChI is InChI=1S/C26H34N2O2.C14H18BrNO.C12H17NO.CH2O3.2K/c29-25(27-24-13-11-23(12-14-24)22-9-5-2-6-10-22)20-28-17-15-26(30,16-18-28)19-21-7-3-1-4-8-21;15-10-14(17)16-13-8-6-12(7-9-13)11-4-2-1-3-5-11;14-12(6-8-13-9-7-12)10-11-4-2-1-3-5-11;2-1-4-3;;/h1,3-4,7-8,11-14,22,30H,2,5-6,9-10,15-20H2,(H,27,29);6-9,11H,1-5,10H2,(H,16,17);1-5,13-14H,6-10H2;1,3H;;/q;;;;;+1/p-1. The molecule has 2 amide bonds. The molecule has 67 heavy (non-hydrogen) atoms. The first-order chi connectivity index (χ1) is 31.6. The summed E-state index contributed by atoms with van der Waals surface area (Å²) in [5, 5.41) is 39.1. The molecule has 8 rings (SSSR count). The second-order valence-corrected chi connectivity index (χ2v) is 18.7. The van der Waals surface area contributed by atoms with Gasteiger partial charge in [-0.1, -0.05) is 139 Å². The molecule has 4 aromatic carbocycles. The monoisotopic (exact) mass is 1030 g/mol. The van der Waals surface area contributed by atoms with Gasteiger partial charge >= 0.3 is 51.4 Å². The summed E-state index contributed by atoms with van der Waals surface area (Å²) in [6.45, 7) is 3.56. The van der Waals surface area contributed by atoms with Crippen LogP contribution in [0.1, 0.15) is 124 Å². The number of aliphatic hydroxyl groups is 2. The van der Waals surface area contributed by atoms with E-state index < -0.39 is 11.2 Å². The number of rotatable bonds is 12. The van der Waals surface area contributed by atoms with Crippen molar-refractivity contribution in [3.8, 4) is 0 Å². The summed E-state index contributed by atoms with van der Waals surface area (Å²) in [6.07, 6.45) is 17.9. The van der Waals surface area contributed by atoms with E-state index >= 15 is 0 Å². The van der Waals surface area contributed by atoms with E-state index in [2.05, 4.69) is 90.2 Å². The topological polar surface area (TPSA) is 163 Å². The number of carbonyl (C=O) groups excluding carboxylic acids is 3. The molecule has 4 fully saturated rings. The normalized spacial score (nSPS) is 17.9. The number of likely N-dealkylation sites (tertiary alicyclic amines) is 1. The van der Waals surface area contributed by atoms with Gasteiger partial charge in [0.25, 0.3) is 6.47 Å². The van der Waals surface area contributed by atoms with Gasteiger partial charge in [-0.2, -0.15) is 0 Å². The van der Waals surface area contributed by atoms with Crippen LogP contribution in [0, 0.1) is 0 Å². The van der Waals surface area contributed by atoms with Crippen LogP contribution in [0.5, 0.6) is 0 Å². The zero-order chi connectivity index (χ0) is 46.2. The maximum absolute atomic E-state index is 12.5. The zero-order valence-electron chi connectivity index (χ0n) is 39.9. The molecule has 2 saturated carbocycles. The third-order valence-electron chi connectivity index (χ3n) is 13.1. The number of amides is 2. The minimum Gasteiger partial charge on any atom is -0.662 e. The van der Waals surface area contributed by atoms with E-state index in [4.69, 9.17) is 10.1 Å². The molecule has 4 aromatic rings. The molecule has 2 heterocycles. The number of nitrogens with zero attached hydrogens (tertiary/aromatic N) is 1. The van der Waals surface area contributed by atoms with Gasteiger partial charge in [0.1, 0.15) is 0 Å². The maximum atomic E-state index is 12.5. The van der Waals surface area contributed by atoms with Crippen molar-refractivity contribution in [1.29, 1.82) is 0 Å². The van der Waals surface area contributed by atoms with Crippen molar-refractivity contribution >= 4 is 97.0 Å². The van der Waals surface area contributed by atoms with Gasteiger partial charge < -0.3 is 36.3 Å². The summed E-state index contributed by atoms with van der Waals surface area (Å²) in [7, 11) is 0. The third-order valence-corrected chi connectivity index (χ3v) is 13.7. The van der Waals surface area contributed by atoms with Gasteiger partial charge in [0.05, 0.1) is 23.1 Å². The first kappa shape index (κ1) is 60.1. The van der Waals surface area contributed by atoms with Gasteiger partial charge in [-0.25, -0.2) is 0 Å². The Morgan fingerprint density at radius 1 is 0.657 bits per heavy atom. The Balaban J connectivity index is 0.000000273. The smallest absolute Gasteiger partial charge is 0.662 e. The van der Waals surface area contributed by atoms with E-state index in [1.165, 1.54) is 86.5 Å². The third kappa shape index (κ3) is 22.9. The zero-order valence-corrected chi connectivity index (χ0v) is 47.8. The average molecular weight is 1030 g/mol. The minimum atomic E-state index is -0.663. The molecule has 4 aliphatic rings. The molecule has 0 bridgehead atoms. The number of benzene rings is 4. The molecule has 0 spiro atoms. The summed E-state index contributed by atoms with van der Waals surface area (Å²) in [5.74, 6) is 1.43. The Hall–Kier alpha value is -1.16. The minimum absolute atomic E-state index is 0. The Kier molecular flexibility index (Phi) is 30.1. The number of nitrogens with one attached hydrogen (secondary N) is 3. The Morgan fingerprint density at radius 3 is 1.43 bits per heavy atom. The number of alkyl halides is 1. The predicted molar refractivity (Wildman–Crippen MR) is 266 cm³/mol. The van der Waals surface area contributed by atoms with E-state index in [0.717, 1.165) is 62.7 Å². The van der Waals surface area contributed by atoms with Gasteiger partial charge in [-0.05, 0) is 123 Å². The van der Waals surface area contributed by atoms with Crippen LogP contribution in [-0.2, 0) is 32.1 Å². The average Bonchev–Trinajstić information content (AvgIpc) is 3.34. The van der Waals surface area contributed by atoms with Gasteiger partial charge in [-0.3, -0.25) is 19.3 Å². The maximum Gasteiger partial charge on any atom is 1.00 e. The molecule has 0 unspecified atom stereocenters. The first-order valence-corrected chi connectivity index (χ1v) is 24.7. The van der Waals surface area contributed by atoms with E-state index in [9.17, 15) is 19.8 Å². The Morgan fingerprint density at radius 2 is 1.04 bits per heavy atom. The number of halogens is 1. The molecule has 2 saturated heterocycles. The molecule has 2 aliphatic carbocycles. The van der Waals surface area contributed by atoms with Crippen LogP contribution >= 0.6 is 15.9 Å². The van der Waals surface area contributed by atoms with Crippen molar-refractivity contribution in [2.24, 2.45) is 0 Å². The van der Waals surface area contributed by atoms with Gasteiger partial charge in [0.15, 0.2) is 0 Å². The van der Waals surface area contributed by atoms with Crippen molar-refractivity contribution in [2.75, 3.05) is 48.7 Å². The molecule has 1 radical (unpaired) electrons. The van der Waals surface area contributed by atoms with Gasteiger partial charge in [-0.15, -0.1) is 0 Å². The first-order valence-electron chi connectivity index (χ1n) is 23.6. The van der Waals surface area contributed by atoms with E-state index in [1.807, 2.05) is 60.7 Å². The summed E-state index contributed by atoms with van der Waals surface area (Å²) in [5.41, 5.74) is 5.84. The summed E-state index contributed by atoms with van der Waals surface area (Å²) in [6, 6.07) is 37.1. The molecule has 11 nitrogen and oxygen atoms in total. The second kappa shape index (κ2) is 33.5. The van der Waals surface area contributed by atoms with Crippen LogP contribution in [0.3, 0.4) is 0 Å². The van der Waals surface area contributed by atoms with E-state index in [1.54, 1.807) is 0 Å². The van der Waals surface area contributed by atoms with E-state index in [0.29, 0.717) is 37.1 Å². The van der Waals surface area contributed by atoms with Gasteiger partial charge in [0.2, 0.25) is 11.8 Å². The second-order valence-electron chi connectivity index (χ2n) is 18.1. The summed E-state index contributed by atoms with van der Waals surface area (Å²) in [4.78, 5) is 37.1. The van der Waals surface area contributed by atoms with Crippen LogP contribution in [0.25, 0.3) is 0 Å². The fourth-order valence-electron chi connectivity index (χ4n) is 9.47. The van der Waals surface area contributed by atoms with Crippen LogP contribution in [0.15, 0.2) is 109 Å². The van der Waals surface area contributed by atoms with Crippen molar-refractivity contribution < 1.29 is 86.1 Å². The molecule has 0 atom stereocenters. The number of hydrogen-bond donors (Lipinski definition) is 5. The number of hydrogen-bond acceptors (Lipinski definition) is 9. The molecular weight excluding hydrogens is 963 g/mol. The number of anilines is 2. The Bertz CT molecular complexity index is 1960. The van der Waals surface area contributed by atoms with Gasteiger partial charge in [0, 0.05) is 88.7 Å². The van der Waals surface area contributed by atoms with E-state index in [-0.39, 0.29) is 121 Å². The molecule has 353 valence electrons. The number of carbonyl (C=O) groups is 3. The quantitative estimate of drug-likeness (QED) is 0.0422. The fraction of sp³-hybridized carbons (Fsp3) is 0.491. The van der Waals surface area contributed by atoms with Crippen LogP contribution < -0.4 is 72.6 Å². The summed E-state index contributed by atoms with van der Waals surface area (Å²) >= 11 is 3.14. The van der Waals surface area contributed by atoms with Crippen molar-refractivity contribution in [1.82, 2.24) is 10.2 Å². The molecular formula is C53H70BrK2N4O7. The van der Waals surface area contributed by atoms with Crippen LogP contribution in [0.2, 0.25) is 0 Å². The Labute approximate surface area is 492 Å². The predicted octanol–water partition coefficient (Wildman–Crippen LogP) is 5.21. The molecule has 5 N–H and O–H groups in total. The largest absolute Gasteiger partial charge is 1.00 e. The van der Waals surface area contributed by atoms with Crippen molar-refractivity contribution in [2.45, 2.75) is 126 Å². The van der Waals surface area contributed by atoms with Crippen LogP contribution in [0.4, 0.5) is 11.4 Å². The number of piperidine rings is 2. The SMILES string of the molecule is O=C(CBr)Nc1ccc(C2CCCCC2)cc1.O=C(CN1CCC(O)(Cc2ccccc2)CC1)Nc1ccc(C2CCCCC2)cc1.O=CO[O-].OC1(Cc2ccccc2)CCNCC1.[K+].[K]. The van der Waals surface area contributed by atoms with Crippen molar-refractivity contribution in [3.63, 3.8) is 0 Å². The van der Waals surface area contributed by atoms with Crippen molar-refractivity contribution in [3.05, 3.63) is 131 Å². The fourth-order valence-corrected chi connectivity index (χ4v) is 9.61.